The van der Waals surface area contributed by atoms with Crippen molar-refractivity contribution in [2.24, 2.45) is 5.41 Å². The summed E-state index contributed by atoms with van der Waals surface area (Å²) in [6, 6.07) is 4.80. The highest BCUT2D eigenvalue weighted by atomic mass is 16.5. The van der Waals surface area contributed by atoms with E-state index in [2.05, 4.69) is 0 Å². The van der Waals surface area contributed by atoms with E-state index in [-0.39, 0.29) is 5.78 Å². The predicted octanol–water partition coefficient (Wildman–Crippen LogP) is 2.76. The second-order valence-electron chi connectivity index (χ2n) is 5.63. The molecule has 1 unspecified atom stereocenters. The third-order valence-corrected chi connectivity index (χ3v) is 4.27. The van der Waals surface area contributed by atoms with Crippen LogP contribution in [0.15, 0.2) is 30.0 Å². The molecule has 1 aromatic rings. The number of carbonyl (C=O) groups excluding carboxylic acids is 2. The molecule has 0 spiro atoms. The normalized spacial score (nSPS) is 16.2. The van der Waals surface area contributed by atoms with Crippen LogP contribution in [0.25, 0.3) is 0 Å². The molecule has 130 valence electrons. The van der Waals surface area contributed by atoms with Gasteiger partial charge in [-0.05, 0) is 43.5 Å². The molecule has 6 heteroatoms. The van der Waals surface area contributed by atoms with Gasteiger partial charge in [0.25, 0.3) is 0 Å². The number of Topliss-reactive ketones (excluding diaryl/α,β-unsaturated/α-hetero) is 1. The number of carbonyl (C=O) groups is 2. The lowest BCUT2D eigenvalue weighted by Crippen LogP contribution is -2.40. The molecule has 1 atom stereocenters. The highest BCUT2D eigenvalue weighted by Crippen LogP contribution is 2.38. The Kier molecular flexibility index (Phi) is 5.49. The maximum Gasteiger partial charge on any atom is 0.323 e. The van der Waals surface area contributed by atoms with Crippen molar-refractivity contribution >= 4 is 11.8 Å². The van der Waals surface area contributed by atoms with Crippen LogP contribution in [-0.2, 0) is 14.3 Å². The smallest absolute Gasteiger partial charge is 0.323 e. The summed E-state index contributed by atoms with van der Waals surface area (Å²) in [4.78, 5) is 25.6. The van der Waals surface area contributed by atoms with E-state index in [1.807, 2.05) is 0 Å². The van der Waals surface area contributed by atoms with Gasteiger partial charge in [0, 0.05) is 5.56 Å². The lowest BCUT2D eigenvalue weighted by molar-refractivity contribution is -0.147. The van der Waals surface area contributed by atoms with Crippen LogP contribution in [0.2, 0.25) is 0 Å². The molecule has 0 fully saturated rings. The van der Waals surface area contributed by atoms with Gasteiger partial charge in [-0.2, -0.15) is 0 Å². The van der Waals surface area contributed by atoms with Crippen LogP contribution < -0.4 is 9.47 Å². The molecule has 0 saturated carbocycles. The number of ketones is 1. The molecule has 2 rings (SSSR count). The summed E-state index contributed by atoms with van der Waals surface area (Å²) in [7, 11) is 4.28. The summed E-state index contributed by atoms with van der Waals surface area (Å²) in [5, 5.41) is 0. The van der Waals surface area contributed by atoms with E-state index in [1.54, 1.807) is 25.1 Å². The molecule has 0 amide bonds. The van der Waals surface area contributed by atoms with Gasteiger partial charge >= 0.3 is 5.97 Å². The van der Waals surface area contributed by atoms with Crippen molar-refractivity contribution in [1.29, 1.82) is 0 Å². The third-order valence-electron chi connectivity index (χ3n) is 4.27. The molecule has 1 aromatic carbocycles. The average molecular weight is 334 g/mol. The van der Waals surface area contributed by atoms with E-state index in [1.165, 1.54) is 27.6 Å². The van der Waals surface area contributed by atoms with E-state index in [9.17, 15) is 9.59 Å². The molecule has 1 aliphatic heterocycles. The summed E-state index contributed by atoms with van der Waals surface area (Å²) >= 11 is 0. The fourth-order valence-electron chi connectivity index (χ4n) is 2.77. The number of benzene rings is 1. The summed E-state index contributed by atoms with van der Waals surface area (Å²) in [6.07, 6.45) is 2.85. The maximum absolute atomic E-state index is 13.1. The van der Waals surface area contributed by atoms with Gasteiger partial charge in [0.15, 0.2) is 22.7 Å². The summed E-state index contributed by atoms with van der Waals surface area (Å²) in [6.45, 7) is 2.14. The van der Waals surface area contributed by atoms with E-state index >= 15 is 0 Å². The quantitative estimate of drug-likeness (QED) is 0.452. The van der Waals surface area contributed by atoms with E-state index in [0.717, 1.165) is 6.42 Å². The lowest BCUT2D eigenvalue weighted by atomic mass is 9.74. The van der Waals surface area contributed by atoms with Crippen molar-refractivity contribution in [3.63, 3.8) is 0 Å². The Morgan fingerprint density at radius 3 is 2.38 bits per heavy atom. The Bertz CT molecular complexity index is 663. The first-order valence-electron chi connectivity index (χ1n) is 7.65. The van der Waals surface area contributed by atoms with Gasteiger partial charge in [-0.15, -0.1) is 0 Å². The van der Waals surface area contributed by atoms with Crippen LogP contribution in [0.1, 0.15) is 30.1 Å². The Hall–Kier alpha value is -2.50. The molecular formula is C18H22O6. The molecule has 0 aliphatic carbocycles. The summed E-state index contributed by atoms with van der Waals surface area (Å²) in [5.41, 5.74) is -0.484. The zero-order valence-electron chi connectivity index (χ0n) is 14.4. The first-order chi connectivity index (χ1) is 11.5. The number of rotatable bonds is 6. The van der Waals surface area contributed by atoms with Crippen molar-refractivity contribution in [1.82, 2.24) is 0 Å². The lowest BCUT2D eigenvalue weighted by Gasteiger charge is -2.30. The molecule has 0 N–H and O–H groups in total. The van der Waals surface area contributed by atoms with Crippen molar-refractivity contribution in [2.45, 2.75) is 19.8 Å². The molecule has 6 nitrogen and oxygen atoms in total. The zero-order chi connectivity index (χ0) is 17.7. The van der Waals surface area contributed by atoms with Gasteiger partial charge in [0.2, 0.25) is 0 Å². The number of hydrogen-bond donors (Lipinski definition) is 0. The molecule has 0 aromatic heterocycles. The first-order valence-corrected chi connectivity index (χ1v) is 7.65. The van der Waals surface area contributed by atoms with Crippen molar-refractivity contribution in [2.75, 3.05) is 27.9 Å². The molecule has 0 bridgehead atoms. The maximum atomic E-state index is 13.1. The Morgan fingerprint density at radius 2 is 1.83 bits per heavy atom. The summed E-state index contributed by atoms with van der Waals surface area (Å²) < 4.78 is 20.6. The number of hydrogen-bond acceptors (Lipinski definition) is 6. The van der Waals surface area contributed by atoms with Crippen LogP contribution in [0, 0.1) is 5.41 Å². The van der Waals surface area contributed by atoms with Gasteiger partial charge in [-0.3, -0.25) is 9.59 Å². The second kappa shape index (κ2) is 7.38. The van der Waals surface area contributed by atoms with E-state index in [0.29, 0.717) is 35.7 Å². The fraction of sp³-hybridized carbons (Fsp3) is 0.444. The topological polar surface area (TPSA) is 71.1 Å². The zero-order valence-corrected chi connectivity index (χ0v) is 14.4. The highest BCUT2D eigenvalue weighted by molar-refractivity contribution is 6.14. The Labute approximate surface area is 141 Å². The molecule has 1 heterocycles. The number of methoxy groups -OCH3 is 3. The van der Waals surface area contributed by atoms with Gasteiger partial charge < -0.3 is 18.9 Å². The largest absolute Gasteiger partial charge is 0.501 e. The van der Waals surface area contributed by atoms with Crippen LogP contribution >= 0.6 is 0 Å². The monoisotopic (exact) mass is 334 g/mol. The van der Waals surface area contributed by atoms with Crippen LogP contribution in [-0.4, -0.2) is 39.7 Å². The Balaban J connectivity index is 2.49. The van der Waals surface area contributed by atoms with Crippen molar-refractivity contribution in [3.05, 3.63) is 35.6 Å². The summed E-state index contributed by atoms with van der Waals surface area (Å²) in [5.74, 6) is -0.0513. The minimum absolute atomic E-state index is 0.340. The van der Waals surface area contributed by atoms with Crippen LogP contribution in [0.5, 0.6) is 11.5 Å². The molecule has 1 aliphatic rings. The van der Waals surface area contributed by atoms with Gasteiger partial charge in [0.1, 0.15) is 0 Å². The molecule has 0 saturated heterocycles. The molecule has 0 radical (unpaired) electrons. The third kappa shape index (κ3) is 3.09. The van der Waals surface area contributed by atoms with Crippen LogP contribution in [0.3, 0.4) is 0 Å². The van der Waals surface area contributed by atoms with Crippen LogP contribution in [0.4, 0.5) is 0 Å². The van der Waals surface area contributed by atoms with E-state index < -0.39 is 11.4 Å². The van der Waals surface area contributed by atoms with Crippen molar-refractivity contribution < 1.29 is 28.5 Å². The predicted molar refractivity (Wildman–Crippen MR) is 87.3 cm³/mol. The second-order valence-corrected chi connectivity index (χ2v) is 5.63. The Morgan fingerprint density at radius 1 is 1.12 bits per heavy atom. The number of ether oxygens (including phenoxy) is 4. The van der Waals surface area contributed by atoms with E-state index in [4.69, 9.17) is 18.9 Å². The fourth-order valence-corrected chi connectivity index (χ4v) is 2.77. The minimum Gasteiger partial charge on any atom is -0.501 e. The number of esters is 1. The SMILES string of the molecule is COC(=O)C(C)(C(=O)c1ccc(OC)c(OC)c1)C1=COCCC1. The van der Waals surface area contributed by atoms with Crippen molar-refractivity contribution in [3.8, 4) is 11.5 Å². The standard InChI is InChI=1S/C18H22O6/c1-18(17(20)23-4,13-6-5-9-24-11-13)16(19)12-7-8-14(21-2)15(10-12)22-3/h7-8,10-11H,5-6,9H2,1-4H3. The molecular weight excluding hydrogens is 312 g/mol. The average Bonchev–Trinajstić information content (AvgIpc) is 2.66. The minimum atomic E-state index is -1.44. The van der Waals surface area contributed by atoms with Gasteiger partial charge in [-0.25, -0.2) is 0 Å². The van der Waals surface area contributed by atoms with Gasteiger partial charge in [0.05, 0.1) is 34.2 Å². The highest BCUT2D eigenvalue weighted by Gasteiger charge is 2.46. The first kappa shape index (κ1) is 17.8. The molecule has 24 heavy (non-hydrogen) atoms. The van der Waals surface area contributed by atoms with Gasteiger partial charge in [-0.1, -0.05) is 0 Å².